The Morgan fingerprint density at radius 2 is 1.49 bits per heavy atom. The van der Waals surface area contributed by atoms with Gasteiger partial charge in [-0.25, -0.2) is 9.59 Å². The Hall–Kier alpha value is -8.01. The average Bonchev–Trinajstić information content (AvgIpc) is 1.61. The molecule has 0 aromatic heterocycles. The van der Waals surface area contributed by atoms with Crippen LogP contribution in [0.4, 0.5) is 15.3 Å². The van der Waals surface area contributed by atoms with Crippen molar-refractivity contribution in [2.24, 2.45) is 17.6 Å². The first-order chi connectivity index (χ1) is 42.4. The van der Waals surface area contributed by atoms with Crippen LogP contribution < -0.4 is 27.0 Å². The lowest BCUT2D eigenvalue weighted by molar-refractivity contribution is -0.168. The second-order valence-electron chi connectivity index (χ2n) is 24.0. The van der Waals surface area contributed by atoms with E-state index in [1.807, 2.05) is 13.8 Å². The molecule has 496 valence electrons. The predicted octanol–water partition coefficient (Wildman–Crippen LogP) is 3.03. The highest BCUT2D eigenvalue weighted by atomic mass is 16.6. The number of allylic oxidation sites excluding steroid dienone is 2. The zero-order valence-electron chi connectivity index (χ0n) is 52.8. The maximum Gasteiger partial charge on any atom is 0.410 e. The van der Waals surface area contributed by atoms with Crippen LogP contribution >= 0.6 is 0 Å². The number of nitrogens with one attached hydrogen (secondary N) is 4. The van der Waals surface area contributed by atoms with Gasteiger partial charge in [-0.05, 0) is 96.1 Å². The summed E-state index contributed by atoms with van der Waals surface area (Å²) in [5.74, 6) is -6.42. The summed E-state index contributed by atoms with van der Waals surface area (Å²) < 4.78 is 29.2. The van der Waals surface area contributed by atoms with Crippen molar-refractivity contribution in [3.8, 4) is 0 Å². The van der Waals surface area contributed by atoms with Crippen LogP contribution in [0.25, 0.3) is 0 Å². The van der Waals surface area contributed by atoms with Crippen LogP contribution in [0, 0.1) is 11.8 Å². The molecule has 90 heavy (non-hydrogen) atoms. The number of aliphatic hydroxyl groups is 3. The van der Waals surface area contributed by atoms with E-state index in [4.69, 9.17) is 29.4 Å². The fourth-order valence-corrected chi connectivity index (χ4v) is 10.5. The van der Waals surface area contributed by atoms with E-state index in [2.05, 4.69) is 21.3 Å². The summed E-state index contributed by atoms with van der Waals surface area (Å²) in [6, 6.07) is 2.42. The topological polar surface area (TPSA) is 382 Å². The zero-order valence-corrected chi connectivity index (χ0v) is 52.8. The number of primary amides is 1. The second kappa shape index (κ2) is 33.7. The summed E-state index contributed by atoms with van der Waals surface area (Å²) in [4.78, 5) is 144. The molecule has 0 bridgehead atoms. The number of ether oxygens (including phenoxy) is 5. The molecule has 1 aromatic carbocycles. The first-order valence-corrected chi connectivity index (χ1v) is 30.5. The molecule has 4 unspecified atom stereocenters. The number of hydrogen-bond donors (Lipinski definition) is 8. The summed E-state index contributed by atoms with van der Waals surface area (Å²) in [6.45, 7) is 14.8. The third-order valence-corrected chi connectivity index (χ3v) is 16.1. The number of epoxide rings is 1. The van der Waals surface area contributed by atoms with E-state index >= 15 is 0 Å². The number of rotatable bonds is 27. The van der Waals surface area contributed by atoms with Gasteiger partial charge in [-0.2, -0.15) is 0 Å². The van der Waals surface area contributed by atoms with Crippen molar-refractivity contribution in [3.63, 3.8) is 0 Å². The van der Waals surface area contributed by atoms with Gasteiger partial charge >= 0.3 is 24.1 Å². The van der Waals surface area contributed by atoms with Crippen LogP contribution in [0.2, 0.25) is 0 Å². The minimum absolute atomic E-state index is 0.0139. The molecule has 5 rings (SSSR count). The van der Waals surface area contributed by atoms with E-state index in [9.17, 15) is 68.1 Å². The smallest absolute Gasteiger partial charge is 0.410 e. The molecular weight excluding hydrogens is 1170 g/mol. The molecule has 9 N–H and O–H groups in total. The summed E-state index contributed by atoms with van der Waals surface area (Å²) in [7, 11) is 0. The molecule has 4 aliphatic heterocycles. The average molecular weight is 1260 g/mol. The van der Waals surface area contributed by atoms with Crippen molar-refractivity contribution in [2.75, 3.05) is 38.0 Å². The highest BCUT2D eigenvalue weighted by molar-refractivity contribution is 6.12. The fraction of sp³-hybridized carbons (Fsp3) is 0.603. The largest absolute Gasteiger partial charge is 0.457 e. The summed E-state index contributed by atoms with van der Waals surface area (Å²) in [5.41, 5.74) is 4.00. The second-order valence-corrected chi connectivity index (χ2v) is 24.0. The number of benzene rings is 1. The van der Waals surface area contributed by atoms with Gasteiger partial charge in [0.1, 0.15) is 36.4 Å². The molecule has 4 aliphatic rings. The van der Waals surface area contributed by atoms with Gasteiger partial charge in [-0.1, -0.05) is 63.6 Å². The fourth-order valence-electron chi connectivity index (χ4n) is 10.5. The number of anilines is 1. The molecule has 2 fully saturated rings. The van der Waals surface area contributed by atoms with Gasteiger partial charge in [0.25, 0.3) is 11.8 Å². The molecule has 27 nitrogen and oxygen atoms in total. The lowest BCUT2D eigenvalue weighted by Gasteiger charge is -2.38. The monoisotopic (exact) mass is 1260 g/mol. The molecule has 4 heterocycles. The van der Waals surface area contributed by atoms with E-state index in [0.717, 1.165) is 4.90 Å². The van der Waals surface area contributed by atoms with Gasteiger partial charge in [0, 0.05) is 82.2 Å². The zero-order chi connectivity index (χ0) is 66.6. The van der Waals surface area contributed by atoms with E-state index in [-0.39, 0.29) is 101 Å². The number of aliphatic hydroxyl groups excluding tert-OH is 2. The third-order valence-electron chi connectivity index (χ3n) is 16.1. The van der Waals surface area contributed by atoms with Gasteiger partial charge < -0.3 is 75.8 Å². The van der Waals surface area contributed by atoms with Crippen molar-refractivity contribution >= 4 is 71.2 Å². The molecule has 0 saturated carbocycles. The van der Waals surface area contributed by atoms with E-state index in [1.54, 1.807) is 70.2 Å². The number of carbonyl (C=O) groups is 11. The van der Waals surface area contributed by atoms with E-state index in [1.165, 1.54) is 54.9 Å². The van der Waals surface area contributed by atoms with Crippen LogP contribution in [-0.4, -0.2) is 194 Å². The Labute approximate surface area is 524 Å². The van der Waals surface area contributed by atoms with Crippen LogP contribution in [0.5, 0.6) is 0 Å². The number of nitrogens with two attached hydrogens (primary N) is 1. The van der Waals surface area contributed by atoms with E-state index < -0.39 is 120 Å². The summed E-state index contributed by atoms with van der Waals surface area (Å²) in [5, 5.41) is 42.5. The molecule has 0 radical (unpaired) electrons. The normalized spacial score (nSPS) is 25.0. The number of nitrogens with zero attached hydrogens (tertiary/aromatic N) is 3. The molecule has 2 saturated heterocycles. The van der Waals surface area contributed by atoms with Gasteiger partial charge in [0.05, 0.1) is 42.9 Å². The van der Waals surface area contributed by atoms with Gasteiger partial charge in [-0.3, -0.25) is 48.1 Å². The first kappa shape index (κ1) is 72.7. The Bertz CT molecular complexity index is 2850. The Morgan fingerprint density at radius 1 is 0.867 bits per heavy atom. The predicted molar refractivity (Wildman–Crippen MR) is 324 cm³/mol. The molecule has 13 atom stereocenters. The number of cyclic esters (lactones) is 1. The van der Waals surface area contributed by atoms with Crippen molar-refractivity contribution in [2.45, 2.75) is 199 Å². The van der Waals surface area contributed by atoms with Gasteiger partial charge in [-0.15, -0.1) is 0 Å². The molecule has 0 aliphatic carbocycles. The number of hydrogen-bond acceptors (Lipinski definition) is 19. The van der Waals surface area contributed by atoms with Crippen molar-refractivity contribution in [1.29, 1.82) is 0 Å². The number of unbranched alkanes of at least 4 members (excludes halogenated alkanes) is 2. The Kier molecular flexibility index (Phi) is 27.2. The number of amides is 9. The third kappa shape index (κ3) is 22.8. The SMILES string of the molecule is CC[C@H](O)[C@@H](C)[C@H]1O[C@@H]1CC(C)(O)/C=C/C=C(\C)[C@H]1OC(=O)C[C@H](O)CC[C@@](C)(OC(C)=O)[C@@H](OC(=O)N2CCN(C(=O)OCc3ccc(NC(=O)C(CC(N)=O)NC(=O)C(C)NC(=O)C(C)NC(=O)CCCCCN4C(=O)C=CC4=O)cc3)CC2)/C=C/[C@@H]1C. The molecule has 9 amide bonds. The van der Waals surface area contributed by atoms with Gasteiger partial charge in [0.15, 0.2) is 6.10 Å². The van der Waals surface area contributed by atoms with Crippen LogP contribution in [0.1, 0.15) is 132 Å². The minimum Gasteiger partial charge on any atom is -0.457 e. The van der Waals surface area contributed by atoms with Crippen molar-refractivity contribution in [3.05, 3.63) is 77.9 Å². The molecule has 1 aromatic rings. The van der Waals surface area contributed by atoms with Crippen molar-refractivity contribution < 1.29 is 91.7 Å². The lowest BCUT2D eigenvalue weighted by atomic mass is 9.88. The Morgan fingerprint density at radius 3 is 2.11 bits per heavy atom. The number of piperazine rings is 1. The summed E-state index contributed by atoms with van der Waals surface area (Å²) >= 11 is 0. The summed E-state index contributed by atoms with van der Waals surface area (Å²) in [6.07, 6.45) is 6.42. The standard InChI is InChI=1S/C63H90N8O19/c1-10-47(74)39(4)56-48(87-56)35-62(8,85)26-14-15-37(2)55-38(3)17-22-49(63(9,90-42(7)72)27-25-45(73)33-54(79)89-55)88-61(84)70-31-29-69(30-32-70)60(83)86-36-43-18-20-44(21-19-43)67-59(82)46(34-50(64)75)68-58(81)41(6)66-57(80)40(5)65-51(76)16-12-11-13-28-71-52(77)23-24-53(71)78/h14-15,17-24,26,38-41,45-49,55-56,73-74,85H,10-13,16,25,27-36H2,1-9H3,(H2,64,75)(H,65,76)(H,66,80)(H,67,82)(H,68,81)/b22-17+,26-14+,37-15+/t38-,39+,40?,41?,45+,46?,47-,48+,49-,55+,56+,62?,63+/m0/s1. The van der Waals surface area contributed by atoms with Crippen LogP contribution in [-0.2, 0) is 73.4 Å². The van der Waals surface area contributed by atoms with Crippen molar-refractivity contribution in [1.82, 2.24) is 30.7 Å². The molecule has 27 heteroatoms. The quantitative estimate of drug-likeness (QED) is 0.0119. The number of imide groups is 1. The lowest BCUT2D eigenvalue weighted by Crippen LogP contribution is -2.55. The maximum atomic E-state index is 13.9. The maximum absolute atomic E-state index is 13.9. The van der Waals surface area contributed by atoms with Gasteiger partial charge in [0.2, 0.25) is 29.5 Å². The minimum atomic E-state index is -1.51. The van der Waals surface area contributed by atoms with E-state index in [0.29, 0.717) is 43.2 Å². The highest BCUT2D eigenvalue weighted by Gasteiger charge is 2.47. The molecule has 0 spiro atoms. The molecular formula is C63H90N8O19. The number of esters is 2. The van der Waals surface area contributed by atoms with Crippen LogP contribution in [0.15, 0.2) is 72.4 Å². The highest BCUT2D eigenvalue weighted by Crippen LogP contribution is 2.38. The first-order valence-electron chi connectivity index (χ1n) is 30.5. The number of carbonyl (C=O) groups excluding carboxylic acids is 11. The van der Waals surface area contributed by atoms with Crippen LogP contribution in [0.3, 0.4) is 0 Å². The Balaban J connectivity index is 1.10.